The largest absolute Gasteiger partial charge is 0.311 e. The Morgan fingerprint density at radius 2 is 1.88 bits per heavy atom. The third-order valence-electron chi connectivity index (χ3n) is 3.27. The minimum atomic E-state index is 0.183. The number of anilines is 1. The van der Waals surface area contributed by atoms with Crippen molar-refractivity contribution < 1.29 is 4.79 Å². The zero-order chi connectivity index (χ0) is 12.3. The standard InChI is InChI=1S/C14H20N2O/c1-11-6-5-7-12(2)14(11)16-9-4-3-8-15-10-13(16)17/h5-7,15H,3-4,8-10H2,1-2H3. The first kappa shape index (κ1) is 12.1. The molecule has 0 radical (unpaired) electrons. The first-order valence-electron chi connectivity index (χ1n) is 6.27. The minimum absolute atomic E-state index is 0.183. The van der Waals surface area contributed by atoms with E-state index in [1.807, 2.05) is 11.0 Å². The van der Waals surface area contributed by atoms with Crippen molar-refractivity contribution in [2.75, 3.05) is 24.5 Å². The average molecular weight is 232 g/mol. The van der Waals surface area contributed by atoms with Crippen LogP contribution in [-0.4, -0.2) is 25.5 Å². The second-order valence-electron chi connectivity index (χ2n) is 4.67. The second-order valence-corrected chi connectivity index (χ2v) is 4.67. The SMILES string of the molecule is Cc1cccc(C)c1N1CCCCNCC1=O. The Bertz CT molecular complexity index is 394. The molecule has 1 amide bonds. The highest BCUT2D eigenvalue weighted by atomic mass is 16.2. The maximum atomic E-state index is 12.1. The van der Waals surface area contributed by atoms with Crippen molar-refractivity contribution in [2.24, 2.45) is 0 Å². The molecular weight excluding hydrogens is 212 g/mol. The van der Waals surface area contributed by atoms with Gasteiger partial charge in [-0.25, -0.2) is 0 Å². The van der Waals surface area contributed by atoms with Gasteiger partial charge in [0.1, 0.15) is 0 Å². The lowest BCUT2D eigenvalue weighted by Gasteiger charge is -2.28. The smallest absolute Gasteiger partial charge is 0.240 e. The molecule has 3 heteroatoms. The number of benzene rings is 1. The van der Waals surface area contributed by atoms with Crippen molar-refractivity contribution in [3.05, 3.63) is 29.3 Å². The molecule has 1 fully saturated rings. The van der Waals surface area contributed by atoms with E-state index in [2.05, 4.69) is 31.3 Å². The van der Waals surface area contributed by atoms with Gasteiger partial charge in [-0.3, -0.25) is 4.79 Å². The monoisotopic (exact) mass is 232 g/mol. The van der Waals surface area contributed by atoms with Crippen LogP contribution in [-0.2, 0) is 4.79 Å². The fourth-order valence-electron chi connectivity index (χ4n) is 2.40. The Hall–Kier alpha value is -1.35. The average Bonchev–Trinajstić information content (AvgIpc) is 2.27. The van der Waals surface area contributed by atoms with Crippen LogP contribution in [0.25, 0.3) is 0 Å². The maximum absolute atomic E-state index is 12.1. The zero-order valence-corrected chi connectivity index (χ0v) is 10.6. The molecule has 1 N–H and O–H groups in total. The van der Waals surface area contributed by atoms with Gasteiger partial charge in [0.05, 0.1) is 6.54 Å². The highest BCUT2D eigenvalue weighted by Gasteiger charge is 2.19. The van der Waals surface area contributed by atoms with Gasteiger partial charge in [0.25, 0.3) is 0 Å². The lowest BCUT2D eigenvalue weighted by Crippen LogP contribution is -2.42. The van der Waals surface area contributed by atoms with Gasteiger partial charge in [-0.2, -0.15) is 0 Å². The molecule has 0 spiro atoms. The summed E-state index contributed by atoms with van der Waals surface area (Å²) >= 11 is 0. The molecule has 17 heavy (non-hydrogen) atoms. The molecule has 1 aromatic carbocycles. The summed E-state index contributed by atoms with van der Waals surface area (Å²) in [6.45, 7) is 6.38. The Labute approximate surface area is 103 Å². The first-order valence-corrected chi connectivity index (χ1v) is 6.27. The number of carbonyl (C=O) groups is 1. The van der Waals surface area contributed by atoms with Crippen LogP contribution < -0.4 is 10.2 Å². The van der Waals surface area contributed by atoms with Crippen LogP contribution in [0, 0.1) is 13.8 Å². The van der Waals surface area contributed by atoms with E-state index in [-0.39, 0.29) is 5.91 Å². The normalized spacial score (nSPS) is 17.8. The van der Waals surface area contributed by atoms with Gasteiger partial charge < -0.3 is 10.2 Å². The molecule has 3 nitrogen and oxygen atoms in total. The van der Waals surface area contributed by atoms with Crippen LogP contribution in [0.5, 0.6) is 0 Å². The Morgan fingerprint density at radius 3 is 2.59 bits per heavy atom. The van der Waals surface area contributed by atoms with E-state index in [0.717, 1.165) is 31.6 Å². The summed E-state index contributed by atoms with van der Waals surface area (Å²) in [5.74, 6) is 0.183. The number of nitrogens with zero attached hydrogens (tertiary/aromatic N) is 1. The molecule has 0 aliphatic carbocycles. The summed E-state index contributed by atoms with van der Waals surface area (Å²) in [5, 5.41) is 3.18. The van der Waals surface area contributed by atoms with Crippen molar-refractivity contribution in [3.63, 3.8) is 0 Å². The number of rotatable bonds is 1. The van der Waals surface area contributed by atoms with Gasteiger partial charge >= 0.3 is 0 Å². The van der Waals surface area contributed by atoms with Crippen LogP contribution in [0.1, 0.15) is 24.0 Å². The molecule has 1 aliphatic rings. The zero-order valence-electron chi connectivity index (χ0n) is 10.6. The van der Waals surface area contributed by atoms with Gasteiger partial charge in [-0.1, -0.05) is 18.2 Å². The predicted molar refractivity (Wildman–Crippen MR) is 70.4 cm³/mol. The summed E-state index contributed by atoms with van der Waals surface area (Å²) in [5.41, 5.74) is 3.46. The number of aryl methyl sites for hydroxylation is 2. The summed E-state index contributed by atoms with van der Waals surface area (Å²) in [6.07, 6.45) is 2.20. The molecule has 0 bridgehead atoms. The van der Waals surface area contributed by atoms with E-state index < -0.39 is 0 Å². The molecular formula is C14H20N2O. The van der Waals surface area contributed by atoms with Crippen molar-refractivity contribution in [3.8, 4) is 0 Å². The maximum Gasteiger partial charge on any atom is 0.240 e. The van der Waals surface area contributed by atoms with Gasteiger partial charge in [0, 0.05) is 12.2 Å². The summed E-state index contributed by atoms with van der Waals surface area (Å²) in [6, 6.07) is 6.19. The molecule has 2 rings (SSSR count). The van der Waals surface area contributed by atoms with Crippen LogP contribution in [0.3, 0.4) is 0 Å². The lowest BCUT2D eigenvalue weighted by atomic mass is 10.1. The second kappa shape index (κ2) is 5.32. The Morgan fingerprint density at radius 1 is 1.18 bits per heavy atom. The molecule has 1 aliphatic heterocycles. The molecule has 1 heterocycles. The van der Waals surface area contributed by atoms with Crippen molar-refractivity contribution in [1.29, 1.82) is 0 Å². The number of nitrogens with one attached hydrogen (secondary N) is 1. The van der Waals surface area contributed by atoms with Gasteiger partial charge in [0.15, 0.2) is 0 Å². The quantitative estimate of drug-likeness (QED) is 0.803. The third kappa shape index (κ3) is 2.67. The molecule has 0 aromatic heterocycles. The van der Waals surface area contributed by atoms with E-state index in [4.69, 9.17) is 0 Å². The molecule has 0 atom stereocenters. The first-order chi connectivity index (χ1) is 8.20. The van der Waals surface area contributed by atoms with Gasteiger partial charge in [-0.15, -0.1) is 0 Å². The van der Waals surface area contributed by atoms with Crippen LogP contribution >= 0.6 is 0 Å². The lowest BCUT2D eigenvalue weighted by molar-refractivity contribution is -0.118. The molecule has 92 valence electrons. The molecule has 0 saturated carbocycles. The molecule has 1 saturated heterocycles. The van der Waals surface area contributed by atoms with E-state index >= 15 is 0 Å². The van der Waals surface area contributed by atoms with Crippen molar-refractivity contribution in [1.82, 2.24) is 5.32 Å². The van der Waals surface area contributed by atoms with Crippen LogP contribution in [0.15, 0.2) is 18.2 Å². The number of hydrogen-bond acceptors (Lipinski definition) is 2. The summed E-state index contributed by atoms with van der Waals surface area (Å²) in [4.78, 5) is 14.1. The summed E-state index contributed by atoms with van der Waals surface area (Å²) in [7, 11) is 0. The van der Waals surface area contributed by atoms with Gasteiger partial charge in [0.2, 0.25) is 5.91 Å². The fourth-order valence-corrected chi connectivity index (χ4v) is 2.40. The number of amides is 1. The van der Waals surface area contributed by atoms with Crippen molar-refractivity contribution in [2.45, 2.75) is 26.7 Å². The van der Waals surface area contributed by atoms with Crippen molar-refractivity contribution >= 4 is 11.6 Å². The minimum Gasteiger partial charge on any atom is -0.311 e. The Kier molecular flexibility index (Phi) is 3.79. The predicted octanol–water partition coefficient (Wildman–Crippen LogP) is 2.02. The van der Waals surface area contributed by atoms with E-state index in [1.54, 1.807) is 0 Å². The molecule has 1 aromatic rings. The van der Waals surface area contributed by atoms with E-state index in [0.29, 0.717) is 6.54 Å². The highest BCUT2D eigenvalue weighted by molar-refractivity contribution is 5.96. The van der Waals surface area contributed by atoms with Crippen LogP contribution in [0.4, 0.5) is 5.69 Å². The van der Waals surface area contributed by atoms with Crippen LogP contribution in [0.2, 0.25) is 0 Å². The molecule has 0 unspecified atom stereocenters. The Balaban J connectivity index is 2.32. The van der Waals surface area contributed by atoms with Gasteiger partial charge in [-0.05, 0) is 44.4 Å². The number of para-hydroxylation sites is 1. The number of hydrogen-bond donors (Lipinski definition) is 1. The fraction of sp³-hybridized carbons (Fsp3) is 0.500. The number of carbonyl (C=O) groups excluding carboxylic acids is 1. The topological polar surface area (TPSA) is 32.3 Å². The van der Waals surface area contributed by atoms with E-state index in [1.165, 1.54) is 11.1 Å². The highest BCUT2D eigenvalue weighted by Crippen LogP contribution is 2.25. The summed E-state index contributed by atoms with van der Waals surface area (Å²) < 4.78 is 0. The van der Waals surface area contributed by atoms with E-state index in [9.17, 15) is 4.79 Å². The third-order valence-corrected chi connectivity index (χ3v) is 3.27.